The fourth-order valence-corrected chi connectivity index (χ4v) is 11.8. The highest BCUT2D eigenvalue weighted by Gasteiger charge is 1.93. The van der Waals surface area contributed by atoms with E-state index >= 15 is 0 Å². The normalized spacial score (nSPS) is 7.81. The van der Waals surface area contributed by atoms with Gasteiger partial charge in [0.05, 0.1) is 71.5 Å². The molecule has 0 amide bonds. The largest absolute Gasteiger partial charge is 0.473 e. The van der Waals surface area contributed by atoms with E-state index in [4.69, 9.17) is 0 Å². The Hall–Kier alpha value is -17.0. The number of hydrogen-bond acceptors (Lipinski definition) is 30. The maximum Gasteiger partial charge on any atom is 0.180 e. The summed E-state index contributed by atoms with van der Waals surface area (Å²) in [6.07, 6.45) is 66.7. The number of H-pyrrole nitrogens is 6. The lowest BCUT2D eigenvalue weighted by Gasteiger charge is -1.90. The molecule has 0 radical (unpaired) electrons. The van der Waals surface area contributed by atoms with Crippen molar-refractivity contribution in [2.75, 3.05) is 0 Å². The number of aromatic amines is 6. The second-order valence-corrected chi connectivity index (χ2v) is 27.7. The number of fused-ring (bicyclic) bond motifs is 5. The molecule has 30 nitrogen and oxygen atoms in total. The van der Waals surface area contributed by atoms with Crippen LogP contribution in [0.5, 0.6) is 0 Å². The van der Waals surface area contributed by atoms with Gasteiger partial charge in [0, 0.05) is 198 Å². The molecule has 0 spiro atoms. The molecule has 0 aliphatic heterocycles. The first-order valence-corrected chi connectivity index (χ1v) is 44.1. The Morgan fingerprint density at radius 2 is 0.741 bits per heavy atom. The van der Waals surface area contributed by atoms with Crippen molar-refractivity contribution < 1.29 is 13.4 Å². The van der Waals surface area contributed by atoms with Crippen molar-refractivity contribution in [3.05, 3.63) is 517 Å². The topological polar surface area (TPSA) is 405 Å². The van der Waals surface area contributed by atoms with Crippen molar-refractivity contribution in [3.8, 4) is 0 Å². The minimum Gasteiger partial charge on any atom is -0.473 e. The van der Waals surface area contributed by atoms with E-state index in [0.29, 0.717) is 0 Å². The van der Waals surface area contributed by atoms with E-state index in [0.717, 1.165) is 22.1 Å². The molecule has 0 saturated carbocycles. The third kappa shape index (κ3) is 87.7. The fraction of sp³-hybridized carbons (Fsp3) is 0.144. The fourth-order valence-electron chi connectivity index (χ4n) is 8.05. The lowest BCUT2D eigenvalue weighted by atomic mass is 10.3. The second kappa shape index (κ2) is 118. The predicted octanol–water partition coefficient (Wildman–Crippen LogP) is 33.8. The number of pyridine rings is 1. The molecule has 0 aliphatic rings. The van der Waals surface area contributed by atoms with E-state index in [1.165, 1.54) is 79.8 Å². The van der Waals surface area contributed by atoms with Crippen LogP contribution in [0, 0.1) is 0 Å². The van der Waals surface area contributed by atoms with Gasteiger partial charge in [0.2, 0.25) is 0 Å². The molecule has 4 aromatic carbocycles. The molecule has 26 rings (SSSR count). The summed E-state index contributed by atoms with van der Waals surface area (Å²) in [5.41, 5.74) is 7.02. The molecule has 0 saturated heterocycles. The highest BCUT2D eigenvalue weighted by Crippen LogP contribution is 2.25. The van der Waals surface area contributed by atoms with Gasteiger partial charge in [-0.15, -0.1) is 45.3 Å². The minimum atomic E-state index is 0. The summed E-state index contributed by atoms with van der Waals surface area (Å²) in [4.78, 5) is 74.7. The number of thiazole rings is 1. The lowest BCUT2D eigenvalue weighted by Crippen LogP contribution is -1.78. The van der Waals surface area contributed by atoms with Crippen molar-refractivity contribution in [1.29, 1.82) is 0 Å². The molecule has 0 atom stereocenters. The van der Waals surface area contributed by atoms with E-state index in [-0.39, 0.29) is 119 Å². The molecule has 0 fully saturated rings. The van der Waals surface area contributed by atoms with Gasteiger partial charge < -0.3 is 38.3 Å². The van der Waals surface area contributed by atoms with Crippen molar-refractivity contribution in [2.24, 2.45) is 0 Å². The molecule has 36 heteroatoms. The Bertz CT molecular complexity index is 4970. The number of para-hydroxylation sites is 5. The van der Waals surface area contributed by atoms with E-state index in [1.807, 2.05) is 180 Å². The summed E-state index contributed by atoms with van der Waals surface area (Å²) in [7, 11) is 0. The Morgan fingerprint density at radius 3 is 1.03 bits per heavy atom. The summed E-state index contributed by atoms with van der Waals surface area (Å²) in [6, 6.07) is 72.6. The van der Waals surface area contributed by atoms with Gasteiger partial charge in [0.1, 0.15) is 31.5 Å². The van der Waals surface area contributed by atoms with Crippen molar-refractivity contribution in [3.63, 3.8) is 0 Å². The van der Waals surface area contributed by atoms with Gasteiger partial charge >= 0.3 is 0 Å². The van der Waals surface area contributed by atoms with E-state index in [1.54, 1.807) is 279 Å². The molecule has 6 N–H and O–H groups in total. The van der Waals surface area contributed by atoms with Crippen LogP contribution >= 0.6 is 68.2 Å². The van der Waals surface area contributed by atoms with Gasteiger partial charge in [0.15, 0.2) is 6.39 Å². The first-order chi connectivity index (χ1) is 65.3. The van der Waals surface area contributed by atoms with Crippen LogP contribution in [0.3, 0.4) is 0 Å². The van der Waals surface area contributed by atoms with Crippen molar-refractivity contribution in [2.45, 2.75) is 119 Å². The van der Waals surface area contributed by atoms with E-state index in [9.17, 15) is 0 Å². The first kappa shape index (κ1) is 153. The molecule has 22 heterocycles. The summed E-state index contributed by atoms with van der Waals surface area (Å²) in [5, 5.41) is 33.6. The number of thiophene rings is 4. The van der Waals surface area contributed by atoms with Crippen molar-refractivity contribution >= 4 is 121 Å². The van der Waals surface area contributed by atoms with Crippen LogP contribution in [0.25, 0.3) is 52.5 Å². The van der Waals surface area contributed by atoms with E-state index in [2.05, 4.69) is 225 Å². The zero-order valence-corrected chi connectivity index (χ0v) is 75.0. The van der Waals surface area contributed by atoms with Crippen LogP contribution < -0.4 is 0 Å². The predicted molar refractivity (Wildman–Crippen MR) is 634 cm³/mol. The molecule has 26 aromatic rings. The van der Waals surface area contributed by atoms with Crippen LogP contribution in [-0.2, 0) is 0 Å². The second-order valence-electron chi connectivity index (χ2n) is 22.6. The molecule has 788 valence electrons. The summed E-state index contributed by atoms with van der Waals surface area (Å²) in [6.45, 7) is 0. The number of rotatable bonds is 0. The summed E-state index contributed by atoms with van der Waals surface area (Å²) in [5.74, 6) is 0. The number of nitrogens with zero attached hydrogens (tertiary/aromatic N) is 21. The molecule has 147 heavy (non-hydrogen) atoms. The smallest absolute Gasteiger partial charge is 0.180 e. The molecule has 0 unspecified atom stereocenters. The monoisotopic (exact) mass is 2110 g/mol. The third-order valence-electron chi connectivity index (χ3n) is 13.5. The summed E-state index contributed by atoms with van der Waals surface area (Å²) < 4.78 is 21.3. The number of oxazole rings is 1. The quantitative estimate of drug-likeness (QED) is 0.0821. The van der Waals surface area contributed by atoms with Gasteiger partial charge in [-0.1, -0.05) is 203 Å². The molecule has 0 aliphatic carbocycles. The van der Waals surface area contributed by atoms with Gasteiger partial charge in [-0.25, -0.2) is 54.2 Å². The van der Waals surface area contributed by atoms with Crippen LogP contribution in [0.4, 0.5) is 0 Å². The number of imidazole rings is 3. The molecule has 0 bridgehead atoms. The zero-order chi connectivity index (χ0) is 91.3. The Morgan fingerprint density at radius 1 is 0.238 bits per heavy atom. The number of hydrogen-bond donors (Lipinski definition) is 6. The lowest BCUT2D eigenvalue weighted by molar-refractivity contribution is 0.420. The number of furan rings is 1. The molecule has 22 aromatic heterocycles. The Kier molecular flexibility index (Phi) is 122. The third-order valence-corrected chi connectivity index (χ3v) is 18.0. The average molecular weight is 2110 g/mol. The first-order valence-electron chi connectivity index (χ1n) is 38.7. The highest BCUT2D eigenvalue weighted by molar-refractivity contribution is 7.25. The van der Waals surface area contributed by atoms with E-state index < -0.39 is 0 Å². The van der Waals surface area contributed by atoms with Crippen LogP contribution in [0.15, 0.2) is 530 Å². The number of benzene rings is 4. The van der Waals surface area contributed by atoms with Crippen LogP contribution in [0.1, 0.15) is 119 Å². The van der Waals surface area contributed by atoms with Gasteiger partial charge in [0.25, 0.3) is 0 Å². The van der Waals surface area contributed by atoms with Gasteiger partial charge in [-0.2, -0.15) is 26.6 Å². The SMILES string of the molecule is C.C.C.C.C.C.C.C.C.C.C.C.C.C.C.C.c1c[nH]cn1.c1c[nH]cn1.c1cc2sccc2s1.c1cc[nH]c1.c1ccc2[nH]ccc2c1.c1ccc2[nH]cnc2c1.c1ccc2nccnc2c1.c1ccc2sccc2c1.c1ccncc1.c1ccnnc1.c1ccoc1.c1ccsc1.c1cn[nH]c1.c1cnccn1.c1cncnc1.c1cncnc1.c1cncnc1.c1cnoc1.c1cnsc1.c1cocn1.c1cscn1. The maximum atomic E-state index is 4.58. The van der Waals surface area contributed by atoms with Crippen molar-refractivity contribution in [1.82, 2.24) is 135 Å². The standard InChI is InChI=1S/C8H6N2.C8H7N.C8H6S.C7H6N2.C6H4S2.C5H5N.5C4H4N2.C4H5N.C4H4O.C4H4S.3C3H4N2.2C3H3NO.2C3H3NS.16CH4/c1-2-4-8-7(3-1)9-5-6-10-8;2*1-2-4-8-7(3-1)5-6-9-8;1-2-4-7-6(3-1)8-5-9-7;1-3-7-6-2-4-8-5(1)6;1-2-4-6-5-3-1;1-2-6-4-3-5-1;3*1-2-5-4-6-3-1;1-2-4-6-5-3-1;3*1-2-4-5-3-1;2*1-2-5-3-4-1;1-2-4-5-3-1;1-2-5-3-4-1;1-2-4-5-3-1;1-2-5-3-4-1;1-2-4-5-3-1;;;;;;;;;;;;;;;;/h1-6H;1-6,9H;1-6H;1-5H,(H,8,9);1-4H;1-5H;5*1-4H;1-5H;2*1-4H;3*1-3H,(H,4,5);4*1-3H;16*1H4. The minimum absolute atomic E-state index is 0. The highest BCUT2D eigenvalue weighted by atomic mass is 32.1. The van der Waals surface area contributed by atoms with Gasteiger partial charge in [-0.05, 0) is 195 Å². The zero-order valence-electron chi connectivity index (χ0n) is 70.1. The summed E-state index contributed by atoms with van der Waals surface area (Å²) >= 11 is 10.2. The Labute approximate surface area is 897 Å². The number of aromatic nitrogens is 27. The number of nitrogens with one attached hydrogen (secondary N) is 6. The van der Waals surface area contributed by atoms with Gasteiger partial charge in [-0.3, -0.25) is 35.0 Å². The average Bonchev–Trinajstić information content (AvgIpc) is 1.82. The van der Waals surface area contributed by atoms with Crippen LogP contribution in [0.2, 0.25) is 0 Å². The molecular formula is C111H155N27O3S6. The molecular weight excluding hydrogens is 1950 g/mol. The van der Waals surface area contributed by atoms with Crippen LogP contribution in [-0.4, -0.2) is 135 Å². The Balaban J connectivity index is -0.000000147. The maximum absolute atomic E-state index is 4.58.